The van der Waals surface area contributed by atoms with Gasteiger partial charge in [-0.25, -0.2) is 0 Å². The van der Waals surface area contributed by atoms with E-state index in [1.165, 1.54) is 0 Å². The molecule has 0 fully saturated rings. The minimum Gasteiger partial charge on any atom is -0.258 e. The lowest BCUT2D eigenvalue weighted by atomic mass is 10.3. The van der Waals surface area contributed by atoms with Crippen molar-refractivity contribution in [2.45, 2.75) is 4.90 Å². The first kappa shape index (κ1) is 10.5. The van der Waals surface area contributed by atoms with Gasteiger partial charge in [-0.15, -0.1) is 3.89 Å². The molecule has 0 saturated carbocycles. The molecule has 0 radical (unpaired) electrons. The highest BCUT2D eigenvalue weighted by atomic mass is 32.3. The van der Waals surface area contributed by atoms with Crippen molar-refractivity contribution < 1.29 is 21.6 Å². The van der Waals surface area contributed by atoms with Crippen LogP contribution in [0.25, 0.3) is 0 Å². The van der Waals surface area contributed by atoms with Crippen molar-refractivity contribution in [2.75, 3.05) is 0 Å². The minimum absolute atomic E-state index is 0.609. The fourth-order valence-electron chi connectivity index (χ4n) is 0.829. The molecule has 1 rings (SSSR count). The molecule has 0 aliphatic carbocycles. The number of rotatable bonds is 2. The highest BCUT2D eigenvalue weighted by Gasteiger charge is 2.25. The van der Waals surface area contributed by atoms with Crippen LogP contribution in [-0.4, -0.2) is 13.3 Å². The van der Waals surface area contributed by atoms with Crippen molar-refractivity contribution >= 4 is 15.9 Å². The average Bonchev–Trinajstić information content (AvgIpc) is 2.01. The molecule has 76 valence electrons. The lowest BCUT2D eigenvalue weighted by Crippen LogP contribution is -2.00. The monoisotopic (exact) mass is 223 g/mol. The Labute approximate surface area is 77.3 Å². The van der Waals surface area contributed by atoms with Crippen LogP contribution >= 0.6 is 0 Å². The van der Waals surface area contributed by atoms with E-state index in [9.17, 15) is 26.8 Å². The fraction of sp³-hybridized carbons (Fsp3) is 0. The van der Waals surface area contributed by atoms with Crippen molar-refractivity contribution in [3.8, 4) is 0 Å². The molecular formula is C6H3F2NO4S. The predicted molar refractivity (Wildman–Crippen MR) is 41.3 cm³/mol. The van der Waals surface area contributed by atoms with Gasteiger partial charge in [-0.3, -0.25) is 10.1 Å². The Morgan fingerprint density at radius 1 is 1.36 bits per heavy atom. The Bertz CT molecular complexity index is 485. The molecule has 8 heteroatoms. The normalized spacial score (nSPS) is 11.3. The second-order valence-electron chi connectivity index (χ2n) is 2.28. The number of halogens is 2. The summed E-state index contributed by atoms with van der Waals surface area (Å²) in [5, 5.41) is 10.1. The summed E-state index contributed by atoms with van der Waals surface area (Å²) in [6, 6.07) is 2.23. The summed E-state index contributed by atoms with van der Waals surface area (Å²) in [6.45, 7) is 0. The van der Waals surface area contributed by atoms with Crippen LogP contribution in [-0.2, 0) is 10.2 Å². The maximum Gasteiger partial charge on any atom is 0.335 e. The van der Waals surface area contributed by atoms with Crippen molar-refractivity contribution in [3.05, 3.63) is 34.1 Å². The summed E-state index contributed by atoms with van der Waals surface area (Å²) in [7, 11) is -5.27. The third-order valence-electron chi connectivity index (χ3n) is 1.40. The molecule has 0 aromatic heterocycles. The molecule has 1 aromatic carbocycles. The highest BCUT2D eigenvalue weighted by Crippen LogP contribution is 2.24. The smallest absolute Gasteiger partial charge is 0.258 e. The van der Waals surface area contributed by atoms with E-state index in [0.29, 0.717) is 6.07 Å². The zero-order valence-electron chi connectivity index (χ0n) is 6.48. The van der Waals surface area contributed by atoms with Gasteiger partial charge in [0.25, 0.3) is 0 Å². The van der Waals surface area contributed by atoms with Crippen LogP contribution in [0.2, 0.25) is 0 Å². The molecule has 0 N–H and O–H groups in total. The standard InChI is InChI=1S/C6H3F2NO4S/c7-6-4(9(10)11)2-1-3-5(6)14(8,12)13/h1-3H. The summed E-state index contributed by atoms with van der Waals surface area (Å²) in [5.74, 6) is -1.69. The Hall–Kier alpha value is -1.57. The minimum atomic E-state index is -5.27. The van der Waals surface area contributed by atoms with E-state index < -0.39 is 31.5 Å². The quantitative estimate of drug-likeness (QED) is 0.431. The SMILES string of the molecule is O=[N+]([O-])c1cccc(S(=O)(=O)F)c1F. The number of hydrogen-bond acceptors (Lipinski definition) is 4. The van der Waals surface area contributed by atoms with Gasteiger partial charge in [0.2, 0.25) is 5.82 Å². The molecule has 0 aliphatic heterocycles. The first-order valence-corrected chi connectivity index (χ1v) is 4.60. The third-order valence-corrected chi connectivity index (χ3v) is 2.24. The van der Waals surface area contributed by atoms with Crippen LogP contribution < -0.4 is 0 Å². The van der Waals surface area contributed by atoms with E-state index in [1.54, 1.807) is 0 Å². The van der Waals surface area contributed by atoms with Crippen molar-refractivity contribution in [3.63, 3.8) is 0 Å². The molecule has 5 nitrogen and oxygen atoms in total. The summed E-state index contributed by atoms with van der Waals surface area (Å²) in [5.41, 5.74) is -1.08. The first-order chi connectivity index (χ1) is 6.34. The number of benzene rings is 1. The van der Waals surface area contributed by atoms with E-state index >= 15 is 0 Å². The zero-order valence-corrected chi connectivity index (χ0v) is 7.29. The number of nitro groups is 1. The Kier molecular flexibility index (Phi) is 2.47. The number of hydrogen-bond donors (Lipinski definition) is 0. The molecule has 0 amide bonds. The van der Waals surface area contributed by atoms with Gasteiger partial charge >= 0.3 is 15.9 Å². The molecular weight excluding hydrogens is 220 g/mol. The number of nitro benzene ring substituents is 1. The fourth-order valence-corrected chi connectivity index (χ4v) is 1.39. The predicted octanol–water partition coefficient (Wildman–Crippen LogP) is 1.39. The second kappa shape index (κ2) is 3.29. The molecule has 1 aromatic rings. The average molecular weight is 223 g/mol. The zero-order chi connectivity index (χ0) is 10.9. The molecule has 0 aliphatic rings. The topological polar surface area (TPSA) is 77.3 Å². The summed E-state index contributed by atoms with van der Waals surface area (Å²) in [4.78, 5) is 7.69. The molecule has 0 atom stereocenters. The summed E-state index contributed by atoms with van der Waals surface area (Å²) >= 11 is 0. The van der Waals surface area contributed by atoms with Crippen LogP contribution in [0.1, 0.15) is 0 Å². The lowest BCUT2D eigenvalue weighted by Gasteiger charge is -1.97. The molecule has 14 heavy (non-hydrogen) atoms. The van der Waals surface area contributed by atoms with Gasteiger partial charge in [0.1, 0.15) is 4.90 Å². The molecule has 0 saturated heterocycles. The van der Waals surface area contributed by atoms with Crippen LogP contribution in [0.5, 0.6) is 0 Å². The maximum absolute atomic E-state index is 13.0. The summed E-state index contributed by atoms with van der Waals surface area (Å²) < 4.78 is 45.9. The lowest BCUT2D eigenvalue weighted by molar-refractivity contribution is -0.387. The van der Waals surface area contributed by atoms with Gasteiger partial charge in [-0.2, -0.15) is 12.8 Å². The van der Waals surface area contributed by atoms with Gasteiger partial charge < -0.3 is 0 Å². The Morgan fingerprint density at radius 3 is 2.36 bits per heavy atom. The Balaban J connectivity index is 3.51. The molecule has 0 heterocycles. The second-order valence-corrected chi connectivity index (χ2v) is 3.60. The first-order valence-electron chi connectivity index (χ1n) is 3.21. The van der Waals surface area contributed by atoms with E-state index in [1.807, 2.05) is 0 Å². The van der Waals surface area contributed by atoms with Crippen LogP contribution in [0.4, 0.5) is 14.0 Å². The van der Waals surface area contributed by atoms with E-state index in [-0.39, 0.29) is 0 Å². The van der Waals surface area contributed by atoms with Gasteiger partial charge in [-0.1, -0.05) is 6.07 Å². The largest absolute Gasteiger partial charge is 0.335 e. The van der Waals surface area contributed by atoms with Gasteiger partial charge in [-0.05, 0) is 6.07 Å². The van der Waals surface area contributed by atoms with E-state index in [0.717, 1.165) is 12.1 Å². The van der Waals surface area contributed by atoms with E-state index in [4.69, 9.17) is 0 Å². The maximum atomic E-state index is 13.0. The van der Waals surface area contributed by atoms with Gasteiger partial charge in [0, 0.05) is 6.07 Å². The van der Waals surface area contributed by atoms with Crippen molar-refractivity contribution in [1.82, 2.24) is 0 Å². The van der Waals surface area contributed by atoms with Gasteiger partial charge in [0.15, 0.2) is 0 Å². The van der Waals surface area contributed by atoms with Crippen molar-refractivity contribution in [2.24, 2.45) is 0 Å². The summed E-state index contributed by atoms with van der Waals surface area (Å²) in [6.07, 6.45) is 0. The third kappa shape index (κ3) is 1.84. The molecule has 0 spiro atoms. The molecule has 0 bridgehead atoms. The highest BCUT2D eigenvalue weighted by molar-refractivity contribution is 7.86. The van der Waals surface area contributed by atoms with Crippen LogP contribution in [0.15, 0.2) is 23.1 Å². The van der Waals surface area contributed by atoms with Crippen LogP contribution in [0.3, 0.4) is 0 Å². The molecule has 0 unspecified atom stereocenters. The van der Waals surface area contributed by atoms with E-state index in [2.05, 4.69) is 0 Å². The number of nitrogens with zero attached hydrogens (tertiary/aromatic N) is 1. The van der Waals surface area contributed by atoms with Crippen LogP contribution in [0, 0.1) is 15.9 Å². The van der Waals surface area contributed by atoms with Gasteiger partial charge in [0.05, 0.1) is 4.92 Å². The Morgan fingerprint density at radius 2 is 1.93 bits per heavy atom. The van der Waals surface area contributed by atoms with Crippen molar-refractivity contribution in [1.29, 1.82) is 0 Å².